The van der Waals surface area contributed by atoms with E-state index >= 15 is 0 Å². The summed E-state index contributed by atoms with van der Waals surface area (Å²) in [4.78, 5) is 0. The van der Waals surface area contributed by atoms with Crippen LogP contribution in [0.3, 0.4) is 0 Å². The lowest BCUT2D eigenvalue weighted by Gasteiger charge is -2.01. The van der Waals surface area contributed by atoms with Gasteiger partial charge >= 0.3 is 0 Å². The zero-order valence-corrected chi connectivity index (χ0v) is 11.3. The van der Waals surface area contributed by atoms with Crippen molar-refractivity contribution in [3.63, 3.8) is 0 Å². The molecule has 0 saturated heterocycles. The van der Waals surface area contributed by atoms with Gasteiger partial charge in [0.05, 0.1) is 0 Å². The van der Waals surface area contributed by atoms with Crippen LogP contribution in [0, 0.1) is 6.92 Å². The summed E-state index contributed by atoms with van der Waals surface area (Å²) in [5.74, 6) is 0. The molecule has 0 nitrogen and oxygen atoms in total. The number of hydrogen-bond acceptors (Lipinski definition) is 0. The van der Waals surface area contributed by atoms with Gasteiger partial charge in [0.2, 0.25) is 0 Å². The van der Waals surface area contributed by atoms with Crippen molar-refractivity contribution < 1.29 is 0 Å². The first-order valence-electron chi connectivity index (χ1n) is 7.36. The zero-order chi connectivity index (χ0) is 11.9. The summed E-state index contributed by atoms with van der Waals surface area (Å²) in [6, 6.07) is 0. The van der Waals surface area contributed by atoms with E-state index in [1.165, 1.54) is 70.6 Å². The van der Waals surface area contributed by atoms with Gasteiger partial charge in [-0.25, -0.2) is 0 Å². The van der Waals surface area contributed by atoms with Crippen LogP contribution in [-0.2, 0) is 0 Å². The maximum Gasteiger partial charge on any atom is -0.0351 e. The highest BCUT2D eigenvalue weighted by molar-refractivity contribution is 4.79. The molecular weight excluding hydrogens is 192 g/mol. The maximum atomic E-state index is 3.87. The second-order valence-corrected chi connectivity index (χ2v) is 4.70. The molecular formula is C16H31. The van der Waals surface area contributed by atoms with Gasteiger partial charge in [0.15, 0.2) is 0 Å². The highest BCUT2D eigenvalue weighted by Gasteiger charge is 1.91. The third-order valence-electron chi connectivity index (χ3n) is 3.02. The number of rotatable bonds is 12. The van der Waals surface area contributed by atoms with Crippen LogP contribution in [0.2, 0.25) is 0 Å². The lowest BCUT2D eigenvalue weighted by atomic mass is 10.1. The van der Waals surface area contributed by atoms with Gasteiger partial charge in [-0.05, 0) is 19.3 Å². The third-order valence-corrected chi connectivity index (χ3v) is 3.02. The molecule has 0 aliphatic carbocycles. The Hall–Kier alpha value is -0.260. The monoisotopic (exact) mass is 223 g/mol. The second-order valence-electron chi connectivity index (χ2n) is 4.70. The van der Waals surface area contributed by atoms with Crippen molar-refractivity contribution in [2.75, 3.05) is 0 Å². The highest BCUT2D eigenvalue weighted by Crippen LogP contribution is 2.11. The molecule has 0 aromatic carbocycles. The molecule has 0 aromatic heterocycles. The van der Waals surface area contributed by atoms with Gasteiger partial charge in [-0.2, -0.15) is 0 Å². The van der Waals surface area contributed by atoms with Crippen LogP contribution in [0.5, 0.6) is 0 Å². The zero-order valence-electron chi connectivity index (χ0n) is 11.3. The smallest absolute Gasteiger partial charge is 0.0351 e. The van der Waals surface area contributed by atoms with Gasteiger partial charge in [-0.3, -0.25) is 0 Å². The van der Waals surface area contributed by atoms with Gasteiger partial charge in [-0.1, -0.05) is 83.8 Å². The van der Waals surface area contributed by atoms with E-state index in [0.29, 0.717) is 0 Å². The predicted octanol–water partition coefficient (Wildman–Crippen LogP) is 6.08. The average Bonchev–Trinajstić information content (AvgIpc) is 2.31. The van der Waals surface area contributed by atoms with E-state index in [-0.39, 0.29) is 0 Å². The predicted molar refractivity (Wildman–Crippen MR) is 75.6 cm³/mol. The highest BCUT2D eigenvalue weighted by atomic mass is 14.0. The Morgan fingerprint density at radius 1 is 0.688 bits per heavy atom. The molecule has 0 atom stereocenters. The summed E-state index contributed by atoms with van der Waals surface area (Å²) in [6.07, 6.45) is 20.9. The summed E-state index contributed by atoms with van der Waals surface area (Å²) >= 11 is 0. The molecule has 0 aliphatic rings. The molecule has 0 aliphatic heterocycles. The van der Waals surface area contributed by atoms with Crippen LogP contribution in [0.15, 0.2) is 12.2 Å². The quantitative estimate of drug-likeness (QED) is 0.278. The Morgan fingerprint density at radius 3 is 1.69 bits per heavy atom. The van der Waals surface area contributed by atoms with E-state index in [9.17, 15) is 0 Å². The van der Waals surface area contributed by atoms with E-state index in [4.69, 9.17) is 0 Å². The van der Waals surface area contributed by atoms with Gasteiger partial charge in [0, 0.05) is 0 Å². The summed E-state index contributed by atoms with van der Waals surface area (Å²) in [6.45, 7) is 6.07. The summed E-state index contributed by atoms with van der Waals surface area (Å²) in [7, 11) is 0. The van der Waals surface area contributed by atoms with E-state index in [1.807, 2.05) is 0 Å². The Morgan fingerprint density at radius 2 is 1.19 bits per heavy atom. The molecule has 16 heavy (non-hydrogen) atoms. The van der Waals surface area contributed by atoms with Crippen molar-refractivity contribution in [3.8, 4) is 0 Å². The van der Waals surface area contributed by atoms with Gasteiger partial charge in [0.25, 0.3) is 0 Å². The molecule has 1 radical (unpaired) electrons. The van der Waals surface area contributed by atoms with Crippen molar-refractivity contribution >= 4 is 0 Å². The lowest BCUT2D eigenvalue weighted by Crippen LogP contribution is -1.81. The Labute approximate surface area is 104 Å². The number of hydrogen-bond donors (Lipinski definition) is 0. The molecule has 95 valence electrons. The van der Waals surface area contributed by atoms with Crippen LogP contribution in [0.25, 0.3) is 0 Å². The summed E-state index contributed by atoms with van der Waals surface area (Å²) < 4.78 is 0. The largest absolute Gasteiger partial charge is 0.0888 e. The van der Waals surface area contributed by atoms with Gasteiger partial charge in [-0.15, -0.1) is 0 Å². The molecule has 0 bridgehead atoms. The summed E-state index contributed by atoms with van der Waals surface area (Å²) in [5.41, 5.74) is 0. The number of unbranched alkanes of at least 4 members (excludes halogenated alkanes) is 10. The maximum absolute atomic E-state index is 3.87. The molecule has 0 amide bonds. The standard InChI is InChI=1S/C16H31/c1-3-5-7-9-11-13-15-16-14-12-10-8-6-4-2/h6,8H,1,3-5,7,9-16H2,2H3/b8-6+. The molecule has 0 heterocycles. The van der Waals surface area contributed by atoms with E-state index in [1.54, 1.807) is 0 Å². The Bertz CT molecular complexity index is 135. The minimum absolute atomic E-state index is 1.12. The van der Waals surface area contributed by atoms with Crippen molar-refractivity contribution in [2.45, 2.75) is 84.0 Å². The second kappa shape index (κ2) is 14.7. The summed E-state index contributed by atoms with van der Waals surface area (Å²) in [5, 5.41) is 0. The number of allylic oxidation sites excluding steroid dienone is 2. The van der Waals surface area contributed by atoms with Crippen molar-refractivity contribution in [2.24, 2.45) is 0 Å². The SMILES string of the molecule is [CH2]CCCCCCCCCCC/C=C/CC. The topological polar surface area (TPSA) is 0 Å². The van der Waals surface area contributed by atoms with Crippen molar-refractivity contribution in [1.82, 2.24) is 0 Å². The fraction of sp³-hybridized carbons (Fsp3) is 0.812. The fourth-order valence-electron chi connectivity index (χ4n) is 1.96. The fourth-order valence-corrected chi connectivity index (χ4v) is 1.96. The molecule has 0 N–H and O–H groups in total. The lowest BCUT2D eigenvalue weighted by molar-refractivity contribution is 0.561. The van der Waals surface area contributed by atoms with Crippen LogP contribution in [0.1, 0.15) is 84.0 Å². The Kier molecular flexibility index (Phi) is 14.5. The van der Waals surface area contributed by atoms with Crippen LogP contribution in [-0.4, -0.2) is 0 Å². The molecule has 0 unspecified atom stereocenters. The minimum atomic E-state index is 1.12. The first-order chi connectivity index (χ1) is 7.91. The molecule has 0 saturated carbocycles. The van der Waals surface area contributed by atoms with E-state index in [0.717, 1.165) is 6.42 Å². The van der Waals surface area contributed by atoms with Crippen LogP contribution in [0.4, 0.5) is 0 Å². The average molecular weight is 223 g/mol. The molecule has 0 rings (SSSR count). The normalized spacial score (nSPS) is 11.4. The third kappa shape index (κ3) is 13.7. The van der Waals surface area contributed by atoms with Gasteiger partial charge in [0.1, 0.15) is 0 Å². The van der Waals surface area contributed by atoms with E-state index < -0.39 is 0 Å². The van der Waals surface area contributed by atoms with Crippen molar-refractivity contribution in [3.05, 3.63) is 19.1 Å². The van der Waals surface area contributed by atoms with Gasteiger partial charge < -0.3 is 0 Å². The van der Waals surface area contributed by atoms with Crippen molar-refractivity contribution in [1.29, 1.82) is 0 Å². The first kappa shape index (κ1) is 15.7. The van der Waals surface area contributed by atoms with Crippen LogP contribution < -0.4 is 0 Å². The minimum Gasteiger partial charge on any atom is -0.0888 e. The van der Waals surface area contributed by atoms with Crippen LogP contribution >= 0.6 is 0 Å². The first-order valence-corrected chi connectivity index (χ1v) is 7.36. The van der Waals surface area contributed by atoms with E-state index in [2.05, 4.69) is 26.0 Å². The molecule has 0 fully saturated rings. The Balaban J connectivity index is 2.90. The molecule has 0 heteroatoms. The molecule has 0 aromatic rings. The molecule has 0 spiro atoms.